The average Bonchev–Trinajstić information content (AvgIpc) is 2.51. The van der Waals surface area contributed by atoms with Crippen molar-refractivity contribution < 1.29 is 4.74 Å². The van der Waals surface area contributed by atoms with Crippen LogP contribution in [0.5, 0.6) is 5.75 Å². The molecule has 1 aliphatic rings. The molecular formula is C17H20Cl3NO. The van der Waals surface area contributed by atoms with E-state index in [1.165, 1.54) is 12.8 Å². The van der Waals surface area contributed by atoms with Crippen LogP contribution in [0.4, 0.5) is 0 Å². The lowest BCUT2D eigenvalue weighted by Gasteiger charge is -2.23. The third kappa shape index (κ3) is 3.99. The molecule has 0 amide bonds. The molecule has 1 heterocycles. The summed E-state index contributed by atoms with van der Waals surface area (Å²) in [4.78, 5) is 0. The minimum atomic E-state index is 0. The van der Waals surface area contributed by atoms with Gasteiger partial charge in [-0.3, -0.25) is 0 Å². The molecule has 0 aliphatic carbocycles. The number of benzene rings is 2. The summed E-state index contributed by atoms with van der Waals surface area (Å²) >= 11 is 12.6. The average molecular weight is 361 g/mol. The Bertz CT molecular complexity index is 627. The molecule has 1 saturated heterocycles. The van der Waals surface area contributed by atoms with E-state index >= 15 is 0 Å². The highest BCUT2D eigenvalue weighted by molar-refractivity contribution is 6.39. The van der Waals surface area contributed by atoms with Crippen molar-refractivity contribution in [3.05, 3.63) is 40.4 Å². The molecule has 3 rings (SSSR count). The van der Waals surface area contributed by atoms with Crippen molar-refractivity contribution in [2.75, 3.05) is 19.7 Å². The Morgan fingerprint density at radius 1 is 1.14 bits per heavy atom. The largest absolute Gasteiger partial charge is 0.491 e. The molecule has 5 heteroatoms. The molecule has 22 heavy (non-hydrogen) atoms. The molecule has 0 saturated carbocycles. The molecule has 120 valence electrons. The fourth-order valence-electron chi connectivity index (χ4n) is 2.92. The van der Waals surface area contributed by atoms with E-state index in [0.29, 0.717) is 22.6 Å². The van der Waals surface area contributed by atoms with Gasteiger partial charge < -0.3 is 10.1 Å². The van der Waals surface area contributed by atoms with E-state index in [4.69, 9.17) is 27.9 Å². The first-order valence-electron chi connectivity index (χ1n) is 7.46. The number of nitrogens with one attached hydrogen (secondary N) is 1. The molecule has 0 aromatic heterocycles. The number of halogens is 3. The zero-order valence-electron chi connectivity index (χ0n) is 12.3. The van der Waals surface area contributed by atoms with Gasteiger partial charge in [-0.05, 0) is 44.3 Å². The Labute approximate surface area is 147 Å². The van der Waals surface area contributed by atoms with Crippen LogP contribution in [-0.2, 0) is 0 Å². The maximum absolute atomic E-state index is 6.31. The highest BCUT2D eigenvalue weighted by Gasteiger charge is 2.15. The van der Waals surface area contributed by atoms with E-state index in [-0.39, 0.29) is 12.4 Å². The van der Waals surface area contributed by atoms with Crippen molar-refractivity contribution in [1.82, 2.24) is 5.32 Å². The lowest BCUT2D eigenvalue weighted by Crippen LogP contribution is -2.30. The maximum atomic E-state index is 6.31. The van der Waals surface area contributed by atoms with E-state index < -0.39 is 0 Å². The third-order valence-corrected chi connectivity index (χ3v) is 4.66. The molecule has 2 aromatic rings. The molecule has 0 bridgehead atoms. The monoisotopic (exact) mass is 359 g/mol. The fourth-order valence-corrected chi connectivity index (χ4v) is 3.51. The Balaban J connectivity index is 0.00000176. The van der Waals surface area contributed by atoms with Crippen molar-refractivity contribution in [3.8, 4) is 5.75 Å². The summed E-state index contributed by atoms with van der Waals surface area (Å²) in [5, 5.41) is 6.65. The van der Waals surface area contributed by atoms with Gasteiger partial charge in [0.05, 0.1) is 16.7 Å². The van der Waals surface area contributed by atoms with Crippen LogP contribution in [0.3, 0.4) is 0 Å². The summed E-state index contributed by atoms with van der Waals surface area (Å²) in [6.07, 6.45) is 3.60. The number of piperidine rings is 1. The van der Waals surface area contributed by atoms with E-state index in [0.717, 1.165) is 36.0 Å². The van der Waals surface area contributed by atoms with Crippen LogP contribution in [0.2, 0.25) is 10.0 Å². The number of hydrogen-bond donors (Lipinski definition) is 1. The van der Waals surface area contributed by atoms with Crippen LogP contribution < -0.4 is 10.1 Å². The number of fused-ring (bicyclic) bond motifs is 1. The normalized spacial score (nSPS) is 18.0. The summed E-state index contributed by atoms with van der Waals surface area (Å²) in [7, 11) is 0. The summed E-state index contributed by atoms with van der Waals surface area (Å²) in [6, 6.07) is 9.71. The first kappa shape index (κ1) is 17.7. The second-order valence-electron chi connectivity index (χ2n) is 5.56. The second kappa shape index (κ2) is 8.26. The topological polar surface area (TPSA) is 21.3 Å². The molecule has 1 aliphatic heterocycles. The van der Waals surface area contributed by atoms with Gasteiger partial charge >= 0.3 is 0 Å². The van der Waals surface area contributed by atoms with E-state index in [1.807, 2.05) is 24.3 Å². The van der Waals surface area contributed by atoms with Crippen LogP contribution in [0.25, 0.3) is 10.8 Å². The SMILES string of the molecule is Cl.Clc1cc(Cl)c2ccccc2c1OCCC1CCCNC1. The zero-order chi connectivity index (χ0) is 14.7. The second-order valence-corrected chi connectivity index (χ2v) is 6.38. The minimum Gasteiger partial charge on any atom is -0.491 e. The minimum absolute atomic E-state index is 0. The van der Waals surface area contributed by atoms with Crippen LogP contribution in [-0.4, -0.2) is 19.7 Å². The smallest absolute Gasteiger partial charge is 0.145 e. The summed E-state index contributed by atoms with van der Waals surface area (Å²) in [6.45, 7) is 2.93. The Kier molecular flexibility index (Phi) is 6.64. The highest BCUT2D eigenvalue weighted by Crippen LogP contribution is 2.38. The Hall–Kier alpha value is -0.670. The van der Waals surface area contributed by atoms with Gasteiger partial charge in [0, 0.05) is 10.8 Å². The molecule has 1 unspecified atom stereocenters. The van der Waals surface area contributed by atoms with Crippen molar-refractivity contribution >= 4 is 46.4 Å². The summed E-state index contributed by atoms with van der Waals surface area (Å²) in [5.41, 5.74) is 0. The predicted molar refractivity (Wildman–Crippen MR) is 96.9 cm³/mol. The van der Waals surface area contributed by atoms with Crippen molar-refractivity contribution in [2.24, 2.45) is 5.92 Å². The van der Waals surface area contributed by atoms with Gasteiger partial charge in [0.15, 0.2) is 0 Å². The number of rotatable bonds is 4. The van der Waals surface area contributed by atoms with Crippen molar-refractivity contribution in [1.29, 1.82) is 0 Å². The zero-order valence-corrected chi connectivity index (χ0v) is 14.6. The quantitative estimate of drug-likeness (QED) is 0.795. The summed E-state index contributed by atoms with van der Waals surface area (Å²) in [5.74, 6) is 1.46. The van der Waals surface area contributed by atoms with Crippen LogP contribution in [0, 0.1) is 5.92 Å². The van der Waals surface area contributed by atoms with Gasteiger partial charge in [0.2, 0.25) is 0 Å². The fraction of sp³-hybridized carbons (Fsp3) is 0.412. The van der Waals surface area contributed by atoms with Crippen LogP contribution in [0.1, 0.15) is 19.3 Å². The Morgan fingerprint density at radius 3 is 2.64 bits per heavy atom. The van der Waals surface area contributed by atoms with Crippen molar-refractivity contribution in [2.45, 2.75) is 19.3 Å². The molecular weight excluding hydrogens is 341 g/mol. The lowest BCUT2D eigenvalue weighted by atomic mass is 9.97. The molecule has 1 fully saturated rings. The van der Waals surface area contributed by atoms with Gasteiger partial charge in [-0.15, -0.1) is 12.4 Å². The standard InChI is InChI=1S/C17H19Cl2NO.ClH/c18-15-10-16(19)17(14-6-2-1-5-13(14)15)21-9-7-12-4-3-8-20-11-12;/h1-2,5-6,10,12,20H,3-4,7-9,11H2;1H. The third-order valence-electron chi connectivity index (χ3n) is 4.07. The number of ether oxygens (including phenoxy) is 1. The van der Waals surface area contributed by atoms with Gasteiger partial charge in [-0.1, -0.05) is 47.5 Å². The van der Waals surface area contributed by atoms with Gasteiger partial charge in [0.1, 0.15) is 5.75 Å². The van der Waals surface area contributed by atoms with E-state index in [9.17, 15) is 0 Å². The van der Waals surface area contributed by atoms with Gasteiger partial charge in [-0.2, -0.15) is 0 Å². The Morgan fingerprint density at radius 2 is 1.91 bits per heavy atom. The molecule has 0 radical (unpaired) electrons. The number of hydrogen-bond acceptors (Lipinski definition) is 2. The van der Waals surface area contributed by atoms with E-state index in [1.54, 1.807) is 6.07 Å². The lowest BCUT2D eigenvalue weighted by molar-refractivity contribution is 0.256. The molecule has 2 nitrogen and oxygen atoms in total. The highest BCUT2D eigenvalue weighted by atomic mass is 35.5. The maximum Gasteiger partial charge on any atom is 0.145 e. The summed E-state index contributed by atoms with van der Waals surface area (Å²) < 4.78 is 5.99. The first-order chi connectivity index (χ1) is 10.3. The predicted octanol–water partition coefficient (Wildman–Crippen LogP) is 5.34. The van der Waals surface area contributed by atoms with Crippen molar-refractivity contribution in [3.63, 3.8) is 0 Å². The van der Waals surface area contributed by atoms with Crippen LogP contribution in [0.15, 0.2) is 30.3 Å². The van der Waals surface area contributed by atoms with E-state index in [2.05, 4.69) is 5.32 Å². The van der Waals surface area contributed by atoms with Crippen LogP contribution >= 0.6 is 35.6 Å². The molecule has 1 atom stereocenters. The molecule has 1 N–H and O–H groups in total. The van der Waals surface area contributed by atoms with Gasteiger partial charge in [-0.25, -0.2) is 0 Å². The molecule has 0 spiro atoms. The molecule has 2 aromatic carbocycles. The first-order valence-corrected chi connectivity index (χ1v) is 8.21. The van der Waals surface area contributed by atoms with Gasteiger partial charge in [0.25, 0.3) is 0 Å².